The fourth-order valence-electron chi connectivity index (χ4n) is 3.55. The summed E-state index contributed by atoms with van der Waals surface area (Å²) in [6, 6.07) is 3.89. The first kappa shape index (κ1) is 22.3. The number of rotatable bonds is 8. The summed E-state index contributed by atoms with van der Waals surface area (Å²) in [6.45, 7) is 10.7. The third kappa shape index (κ3) is 5.81. The average molecular weight is 414 g/mol. The molecule has 2 aromatic heterocycles. The molecule has 3 heterocycles. The van der Waals surface area contributed by atoms with E-state index < -0.39 is 0 Å². The molecule has 164 valence electrons. The fourth-order valence-corrected chi connectivity index (χ4v) is 3.55. The lowest BCUT2D eigenvalue weighted by molar-refractivity contribution is 0.0929. The van der Waals surface area contributed by atoms with Crippen LogP contribution in [0.15, 0.2) is 22.8 Å². The molecule has 1 fully saturated rings. The number of nitrogens with zero attached hydrogens (tertiary/aromatic N) is 2. The maximum atomic E-state index is 13.4. The molecule has 0 spiro atoms. The van der Waals surface area contributed by atoms with E-state index in [1.54, 1.807) is 6.26 Å². The van der Waals surface area contributed by atoms with Crippen LogP contribution in [0, 0.1) is 0 Å². The minimum absolute atomic E-state index is 0.0998. The molecule has 1 aliphatic heterocycles. The van der Waals surface area contributed by atoms with E-state index in [9.17, 15) is 4.79 Å². The monoisotopic (exact) mass is 413 g/mol. The molecule has 2 aromatic rings. The number of hydrogen-bond acceptors (Lipinski definition) is 6. The third-order valence-corrected chi connectivity index (χ3v) is 5.29. The SMILES string of the molecule is CCCCc1nc(C(C)(C)C)nc(NCc2ccco2)c1C(=O)NC1CCCNC1. The highest BCUT2D eigenvalue weighted by Crippen LogP contribution is 2.26. The molecule has 7 nitrogen and oxygen atoms in total. The van der Waals surface area contributed by atoms with Crippen molar-refractivity contribution in [2.75, 3.05) is 18.4 Å². The molecule has 7 heteroatoms. The van der Waals surface area contributed by atoms with Gasteiger partial charge in [-0.05, 0) is 44.4 Å². The summed E-state index contributed by atoms with van der Waals surface area (Å²) < 4.78 is 5.46. The molecule has 0 saturated carbocycles. The first-order valence-electron chi connectivity index (χ1n) is 11.1. The molecule has 3 N–H and O–H groups in total. The summed E-state index contributed by atoms with van der Waals surface area (Å²) >= 11 is 0. The average Bonchev–Trinajstić information content (AvgIpc) is 3.24. The van der Waals surface area contributed by atoms with Gasteiger partial charge in [-0.1, -0.05) is 34.1 Å². The molecule has 1 aliphatic rings. The van der Waals surface area contributed by atoms with Crippen LogP contribution in [0.1, 0.15) is 81.0 Å². The number of amides is 1. The molecule has 3 rings (SSSR count). The minimum Gasteiger partial charge on any atom is -0.467 e. The third-order valence-electron chi connectivity index (χ3n) is 5.29. The lowest BCUT2D eigenvalue weighted by atomic mass is 9.94. The van der Waals surface area contributed by atoms with Crippen LogP contribution in [0.2, 0.25) is 0 Å². The molecule has 0 radical (unpaired) electrons. The predicted molar refractivity (Wildman–Crippen MR) is 119 cm³/mol. The highest BCUT2D eigenvalue weighted by molar-refractivity contribution is 6.00. The zero-order chi connectivity index (χ0) is 21.6. The number of carbonyl (C=O) groups is 1. The Morgan fingerprint density at radius 1 is 1.33 bits per heavy atom. The smallest absolute Gasteiger partial charge is 0.257 e. The van der Waals surface area contributed by atoms with Crippen molar-refractivity contribution in [3.63, 3.8) is 0 Å². The summed E-state index contributed by atoms with van der Waals surface area (Å²) in [6.07, 6.45) is 6.47. The van der Waals surface area contributed by atoms with E-state index in [0.29, 0.717) is 17.9 Å². The van der Waals surface area contributed by atoms with Crippen molar-refractivity contribution in [3.05, 3.63) is 41.2 Å². The normalized spacial score (nSPS) is 17.0. The summed E-state index contributed by atoms with van der Waals surface area (Å²) in [4.78, 5) is 23.0. The summed E-state index contributed by atoms with van der Waals surface area (Å²) in [5.41, 5.74) is 1.17. The van der Waals surface area contributed by atoms with Crippen LogP contribution in [-0.4, -0.2) is 35.0 Å². The number of nitrogens with one attached hydrogen (secondary N) is 3. The maximum absolute atomic E-state index is 13.4. The maximum Gasteiger partial charge on any atom is 0.257 e. The Morgan fingerprint density at radius 2 is 2.17 bits per heavy atom. The van der Waals surface area contributed by atoms with Crippen molar-refractivity contribution in [2.45, 2.75) is 77.8 Å². The Kier molecular flexibility index (Phi) is 7.48. The second-order valence-corrected chi connectivity index (χ2v) is 9.02. The van der Waals surface area contributed by atoms with Crippen molar-refractivity contribution in [1.29, 1.82) is 0 Å². The second kappa shape index (κ2) is 10.1. The zero-order valence-electron chi connectivity index (χ0n) is 18.7. The van der Waals surface area contributed by atoms with E-state index in [1.165, 1.54) is 0 Å². The minimum atomic E-state index is -0.218. The van der Waals surface area contributed by atoms with E-state index in [4.69, 9.17) is 14.4 Å². The van der Waals surface area contributed by atoms with Crippen LogP contribution in [0.5, 0.6) is 0 Å². The predicted octanol–water partition coefficient (Wildman–Crippen LogP) is 3.80. The number of anilines is 1. The number of piperidine rings is 1. The topological polar surface area (TPSA) is 92.1 Å². The van der Waals surface area contributed by atoms with Crippen molar-refractivity contribution in [2.24, 2.45) is 0 Å². The lowest BCUT2D eigenvalue weighted by Crippen LogP contribution is -2.46. The second-order valence-electron chi connectivity index (χ2n) is 9.02. The van der Waals surface area contributed by atoms with E-state index in [0.717, 1.165) is 62.5 Å². The summed E-state index contributed by atoms with van der Waals surface area (Å²) in [5.74, 6) is 2.02. The Hall–Kier alpha value is -2.41. The van der Waals surface area contributed by atoms with Crippen molar-refractivity contribution < 1.29 is 9.21 Å². The molecule has 1 saturated heterocycles. The number of aromatic nitrogens is 2. The molecule has 1 atom stereocenters. The van der Waals surface area contributed by atoms with Crippen LogP contribution < -0.4 is 16.0 Å². The number of furan rings is 1. The van der Waals surface area contributed by atoms with Gasteiger partial charge in [-0.25, -0.2) is 9.97 Å². The van der Waals surface area contributed by atoms with Gasteiger partial charge in [0.25, 0.3) is 5.91 Å². The Morgan fingerprint density at radius 3 is 2.80 bits per heavy atom. The van der Waals surface area contributed by atoms with Crippen molar-refractivity contribution in [3.8, 4) is 0 Å². The Balaban J connectivity index is 1.96. The molecule has 1 unspecified atom stereocenters. The van der Waals surface area contributed by atoms with Gasteiger partial charge in [0.15, 0.2) is 0 Å². The van der Waals surface area contributed by atoms with Gasteiger partial charge in [0.2, 0.25) is 0 Å². The molecule has 0 bridgehead atoms. The number of unbranched alkanes of at least 4 members (excludes halogenated alkanes) is 1. The molecular weight excluding hydrogens is 378 g/mol. The van der Waals surface area contributed by atoms with E-state index in [-0.39, 0.29) is 17.4 Å². The van der Waals surface area contributed by atoms with Gasteiger partial charge in [-0.2, -0.15) is 0 Å². The van der Waals surface area contributed by atoms with Gasteiger partial charge in [0, 0.05) is 18.0 Å². The highest BCUT2D eigenvalue weighted by Gasteiger charge is 2.27. The fraction of sp³-hybridized carbons (Fsp3) is 0.609. The van der Waals surface area contributed by atoms with Gasteiger partial charge in [-0.3, -0.25) is 4.79 Å². The summed E-state index contributed by atoms with van der Waals surface area (Å²) in [7, 11) is 0. The standard InChI is InChI=1S/C23H35N5O2/c1-5-6-11-18-19(21(29)26-16-9-7-12-24-14-16)20(25-15-17-10-8-13-30-17)28-22(27-18)23(2,3)4/h8,10,13,16,24H,5-7,9,11-12,14-15H2,1-4H3,(H,26,29)(H,25,27,28). The van der Waals surface area contributed by atoms with Crippen molar-refractivity contribution >= 4 is 11.7 Å². The largest absolute Gasteiger partial charge is 0.467 e. The summed E-state index contributed by atoms with van der Waals surface area (Å²) in [5, 5.41) is 9.89. The highest BCUT2D eigenvalue weighted by atomic mass is 16.3. The number of carbonyl (C=O) groups excluding carboxylic acids is 1. The first-order chi connectivity index (χ1) is 14.4. The van der Waals surface area contributed by atoms with Crippen LogP contribution in [-0.2, 0) is 18.4 Å². The zero-order valence-corrected chi connectivity index (χ0v) is 18.7. The van der Waals surface area contributed by atoms with Gasteiger partial charge in [0.1, 0.15) is 23.0 Å². The molecule has 30 heavy (non-hydrogen) atoms. The van der Waals surface area contributed by atoms with Gasteiger partial charge < -0.3 is 20.4 Å². The van der Waals surface area contributed by atoms with E-state index >= 15 is 0 Å². The van der Waals surface area contributed by atoms with Crippen LogP contribution in [0.25, 0.3) is 0 Å². The van der Waals surface area contributed by atoms with Gasteiger partial charge in [0.05, 0.1) is 18.5 Å². The van der Waals surface area contributed by atoms with Crippen LogP contribution in [0.4, 0.5) is 5.82 Å². The van der Waals surface area contributed by atoms with E-state index in [2.05, 4.69) is 43.6 Å². The number of hydrogen-bond donors (Lipinski definition) is 3. The molecule has 0 aromatic carbocycles. The first-order valence-corrected chi connectivity index (χ1v) is 11.1. The molecule has 1 amide bonds. The van der Waals surface area contributed by atoms with Crippen LogP contribution >= 0.6 is 0 Å². The van der Waals surface area contributed by atoms with Gasteiger partial charge in [-0.15, -0.1) is 0 Å². The van der Waals surface area contributed by atoms with Crippen molar-refractivity contribution in [1.82, 2.24) is 20.6 Å². The van der Waals surface area contributed by atoms with E-state index in [1.807, 2.05) is 12.1 Å². The Labute approximate surface area is 179 Å². The van der Waals surface area contributed by atoms with Crippen LogP contribution in [0.3, 0.4) is 0 Å². The lowest BCUT2D eigenvalue weighted by Gasteiger charge is -2.26. The quantitative estimate of drug-likeness (QED) is 0.610. The molecule has 0 aliphatic carbocycles. The number of aryl methyl sites for hydroxylation is 1. The molecular formula is C23H35N5O2. The van der Waals surface area contributed by atoms with Gasteiger partial charge >= 0.3 is 0 Å². The Bertz CT molecular complexity index is 821.